The molecule has 1 aromatic heterocycles. The summed E-state index contributed by atoms with van der Waals surface area (Å²) in [6, 6.07) is 16.3. The summed E-state index contributed by atoms with van der Waals surface area (Å²) in [6.45, 7) is 1.74. The summed E-state index contributed by atoms with van der Waals surface area (Å²) >= 11 is 12.0. The molecule has 26 heavy (non-hydrogen) atoms. The zero-order valence-electron chi connectivity index (χ0n) is 14.2. The highest BCUT2D eigenvalue weighted by Crippen LogP contribution is 2.26. The van der Waals surface area contributed by atoms with Crippen LogP contribution >= 0.6 is 23.2 Å². The molecule has 0 saturated carbocycles. The Morgan fingerprint density at radius 2 is 1.77 bits per heavy atom. The Hall–Kier alpha value is -2.63. The topological polar surface area (TPSA) is 58.1 Å². The Balaban J connectivity index is 1.88. The van der Waals surface area contributed by atoms with Gasteiger partial charge in [0, 0.05) is 23.8 Å². The minimum Gasteiger partial charge on any atom is -0.329 e. The van der Waals surface area contributed by atoms with Gasteiger partial charge in [0.1, 0.15) is 17.3 Å². The summed E-state index contributed by atoms with van der Waals surface area (Å²) in [6.07, 6.45) is 0. The maximum Gasteiger partial charge on any atom is 0.274 e. The number of aromatic nitrogens is 2. The molecule has 1 heterocycles. The van der Waals surface area contributed by atoms with Crippen molar-refractivity contribution in [3.8, 4) is 0 Å². The summed E-state index contributed by atoms with van der Waals surface area (Å²) in [5, 5.41) is 3.61. The lowest BCUT2D eigenvalue weighted by Gasteiger charge is -2.19. The second kappa shape index (κ2) is 7.72. The number of benzene rings is 2. The average molecular weight is 387 g/mol. The smallest absolute Gasteiger partial charge is 0.274 e. The Labute approximate surface area is 161 Å². The SMILES string of the molecule is Cc1nc(C(=O)Nc2ccc(Cl)cc2Cl)cc(N(C)c2ccccc2)n1. The molecule has 1 N–H and O–H groups in total. The molecular weight excluding hydrogens is 371 g/mol. The predicted molar refractivity (Wildman–Crippen MR) is 106 cm³/mol. The molecule has 2 aromatic carbocycles. The van der Waals surface area contributed by atoms with Crippen molar-refractivity contribution in [3.05, 3.63) is 76.2 Å². The number of rotatable bonds is 4. The number of hydrogen-bond donors (Lipinski definition) is 1. The van der Waals surface area contributed by atoms with E-state index in [9.17, 15) is 4.79 Å². The molecule has 3 aromatic rings. The van der Waals surface area contributed by atoms with Crippen LogP contribution < -0.4 is 10.2 Å². The van der Waals surface area contributed by atoms with Crippen LogP contribution in [0.15, 0.2) is 54.6 Å². The third-order valence-electron chi connectivity index (χ3n) is 3.72. The number of carbonyl (C=O) groups excluding carboxylic acids is 1. The van der Waals surface area contributed by atoms with Crippen LogP contribution in [0.3, 0.4) is 0 Å². The number of aryl methyl sites for hydroxylation is 1. The third kappa shape index (κ3) is 4.12. The van der Waals surface area contributed by atoms with E-state index in [1.807, 2.05) is 42.3 Å². The number of nitrogens with one attached hydrogen (secondary N) is 1. The number of hydrogen-bond acceptors (Lipinski definition) is 4. The molecule has 0 unspecified atom stereocenters. The molecule has 0 aliphatic heterocycles. The van der Waals surface area contributed by atoms with Crippen LogP contribution in [-0.2, 0) is 0 Å². The predicted octanol–water partition coefficient (Wildman–Crippen LogP) is 5.11. The van der Waals surface area contributed by atoms with E-state index >= 15 is 0 Å². The summed E-state index contributed by atoms with van der Waals surface area (Å²) in [7, 11) is 1.88. The van der Waals surface area contributed by atoms with E-state index < -0.39 is 0 Å². The Kier molecular flexibility index (Phi) is 5.40. The normalized spacial score (nSPS) is 10.5. The lowest BCUT2D eigenvalue weighted by atomic mass is 10.2. The van der Waals surface area contributed by atoms with Gasteiger partial charge in [-0.3, -0.25) is 4.79 Å². The molecule has 0 atom stereocenters. The van der Waals surface area contributed by atoms with Crippen LogP contribution in [-0.4, -0.2) is 22.9 Å². The molecule has 1 amide bonds. The van der Waals surface area contributed by atoms with Gasteiger partial charge in [0.05, 0.1) is 10.7 Å². The second-order valence-corrected chi connectivity index (χ2v) is 6.48. The van der Waals surface area contributed by atoms with Crippen molar-refractivity contribution in [1.29, 1.82) is 0 Å². The molecular formula is C19H16Cl2N4O. The number of amides is 1. The highest BCUT2D eigenvalue weighted by molar-refractivity contribution is 6.36. The van der Waals surface area contributed by atoms with Crippen LogP contribution in [0.25, 0.3) is 0 Å². The zero-order chi connectivity index (χ0) is 18.7. The van der Waals surface area contributed by atoms with E-state index in [0.29, 0.717) is 27.4 Å². The molecule has 0 spiro atoms. The van der Waals surface area contributed by atoms with Gasteiger partial charge in [-0.05, 0) is 37.3 Å². The van der Waals surface area contributed by atoms with Crippen molar-refractivity contribution < 1.29 is 4.79 Å². The van der Waals surface area contributed by atoms with Crippen molar-refractivity contribution in [2.45, 2.75) is 6.92 Å². The molecule has 3 rings (SSSR count). The number of carbonyl (C=O) groups is 1. The lowest BCUT2D eigenvalue weighted by Crippen LogP contribution is -2.18. The van der Waals surface area contributed by atoms with Crippen LogP contribution in [0.5, 0.6) is 0 Å². The number of anilines is 3. The Morgan fingerprint density at radius 1 is 1.04 bits per heavy atom. The van der Waals surface area contributed by atoms with E-state index in [-0.39, 0.29) is 11.6 Å². The van der Waals surface area contributed by atoms with E-state index in [2.05, 4.69) is 15.3 Å². The first-order chi connectivity index (χ1) is 12.4. The number of halogens is 2. The second-order valence-electron chi connectivity index (χ2n) is 5.63. The minimum absolute atomic E-state index is 0.251. The maximum absolute atomic E-state index is 12.6. The molecule has 0 aliphatic carbocycles. The lowest BCUT2D eigenvalue weighted by molar-refractivity contribution is 0.102. The van der Waals surface area contributed by atoms with Gasteiger partial charge in [0.15, 0.2) is 0 Å². The minimum atomic E-state index is -0.373. The fourth-order valence-electron chi connectivity index (χ4n) is 2.40. The van der Waals surface area contributed by atoms with Gasteiger partial charge in [0.2, 0.25) is 0 Å². The Bertz CT molecular complexity index is 948. The summed E-state index contributed by atoms with van der Waals surface area (Å²) in [5.74, 6) is 0.746. The van der Waals surface area contributed by atoms with Crippen LogP contribution in [0.1, 0.15) is 16.3 Å². The fraction of sp³-hybridized carbons (Fsp3) is 0.105. The first-order valence-electron chi connectivity index (χ1n) is 7.85. The quantitative estimate of drug-likeness (QED) is 0.676. The largest absolute Gasteiger partial charge is 0.329 e. The first kappa shape index (κ1) is 18.2. The van der Waals surface area contributed by atoms with Crippen LogP contribution in [0.4, 0.5) is 17.2 Å². The number of para-hydroxylation sites is 1. The van der Waals surface area contributed by atoms with Gasteiger partial charge >= 0.3 is 0 Å². The van der Waals surface area contributed by atoms with Gasteiger partial charge < -0.3 is 10.2 Å². The average Bonchev–Trinajstić information content (AvgIpc) is 2.63. The first-order valence-corrected chi connectivity index (χ1v) is 8.60. The molecule has 0 fully saturated rings. The molecule has 0 aliphatic rings. The molecule has 5 nitrogen and oxygen atoms in total. The maximum atomic E-state index is 12.6. The fourth-order valence-corrected chi connectivity index (χ4v) is 2.86. The van der Waals surface area contributed by atoms with E-state index in [1.165, 1.54) is 0 Å². The van der Waals surface area contributed by atoms with Gasteiger partial charge in [-0.25, -0.2) is 9.97 Å². The third-order valence-corrected chi connectivity index (χ3v) is 4.27. The standard InChI is InChI=1S/C19H16Cl2N4O/c1-12-22-17(19(26)24-16-9-8-13(20)10-15(16)21)11-18(23-12)25(2)14-6-4-3-5-7-14/h3-11H,1-2H3,(H,24,26). The number of nitrogens with zero attached hydrogens (tertiary/aromatic N) is 3. The Morgan fingerprint density at radius 3 is 2.46 bits per heavy atom. The van der Waals surface area contributed by atoms with Crippen molar-refractivity contribution in [2.24, 2.45) is 0 Å². The van der Waals surface area contributed by atoms with Crippen molar-refractivity contribution in [1.82, 2.24) is 9.97 Å². The van der Waals surface area contributed by atoms with Gasteiger partial charge in [-0.2, -0.15) is 0 Å². The zero-order valence-corrected chi connectivity index (χ0v) is 15.7. The monoisotopic (exact) mass is 386 g/mol. The van der Waals surface area contributed by atoms with E-state index in [4.69, 9.17) is 23.2 Å². The summed E-state index contributed by atoms with van der Waals surface area (Å²) in [4.78, 5) is 23.1. The van der Waals surface area contributed by atoms with Crippen LogP contribution in [0.2, 0.25) is 10.0 Å². The van der Waals surface area contributed by atoms with Gasteiger partial charge in [-0.1, -0.05) is 41.4 Å². The molecule has 0 radical (unpaired) electrons. The highest BCUT2D eigenvalue weighted by atomic mass is 35.5. The molecule has 7 heteroatoms. The van der Waals surface area contributed by atoms with Crippen LogP contribution in [0, 0.1) is 6.92 Å². The molecule has 0 bridgehead atoms. The molecule has 0 saturated heterocycles. The van der Waals surface area contributed by atoms with Gasteiger partial charge in [-0.15, -0.1) is 0 Å². The van der Waals surface area contributed by atoms with Gasteiger partial charge in [0.25, 0.3) is 5.91 Å². The van der Waals surface area contributed by atoms with E-state index in [1.54, 1.807) is 31.2 Å². The summed E-state index contributed by atoms with van der Waals surface area (Å²) < 4.78 is 0. The molecule has 132 valence electrons. The van der Waals surface area contributed by atoms with Crippen molar-refractivity contribution in [3.63, 3.8) is 0 Å². The van der Waals surface area contributed by atoms with E-state index in [0.717, 1.165) is 5.69 Å². The van der Waals surface area contributed by atoms with Crippen molar-refractivity contribution in [2.75, 3.05) is 17.3 Å². The highest BCUT2D eigenvalue weighted by Gasteiger charge is 2.15. The summed E-state index contributed by atoms with van der Waals surface area (Å²) in [5.41, 5.74) is 1.68. The van der Waals surface area contributed by atoms with Crippen molar-refractivity contribution >= 4 is 46.3 Å².